The minimum atomic E-state index is -0.203. The molecular formula is C16H22ClFN2. The number of anilines is 1. The second kappa shape index (κ2) is 5.90. The molecule has 110 valence electrons. The van der Waals surface area contributed by atoms with Crippen molar-refractivity contribution in [3.8, 4) is 0 Å². The molecule has 0 unspecified atom stereocenters. The highest BCUT2D eigenvalue weighted by atomic mass is 35.5. The SMILES string of the molecule is Fc1cccc(Cl)c1N1CCCNC2(CCCCC2)C1. The molecule has 1 aromatic rings. The van der Waals surface area contributed by atoms with E-state index in [4.69, 9.17) is 11.6 Å². The minimum absolute atomic E-state index is 0.153. The van der Waals surface area contributed by atoms with E-state index in [9.17, 15) is 4.39 Å². The average molecular weight is 297 g/mol. The lowest BCUT2D eigenvalue weighted by Gasteiger charge is -2.40. The molecule has 1 aliphatic carbocycles. The molecule has 0 aromatic heterocycles. The predicted octanol–water partition coefficient (Wildman–Crippen LogP) is 3.98. The van der Waals surface area contributed by atoms with E-state index in [1.54, 1.807) is 12.1 Å². The van der Waals surface area contributed by atoms with Gasteiger partial charge in [-0.15, -0.1) is 0 Å². The molecule has 20 heavy (non-hydrogen) atoms. The van der Waals surface area contributed by atoms with E-state index in [-0.39, 0.29) is 11.4 Å². The Kier molecular flexibility index (Phi) is 4.18. The topological polar surface area (TPSA) is 15.3 Å². The van der Waals surface area contributed by atoms with Gasteiger partial charge in [-0.05, 0) is 37.9 Å². The van der Waals surface area contributed by atoms with Crippen molar-refractivity contribution in [3.05, 3.63) is 29.0 Å². The molecule has 4 heteroatoms. The van der Waals surface area contributed by atoms with Crippen molar-refractivity contribution in [2.75, 3.05) is 24.5 Å². The van der Waals surface area contributed by atoms with Crippen LogP contribution in [0.3, 0.4) is 0 Å². The smallest absolute Gasteiger partial charge is 0.148 e. The summed E-state index contributed by atoms with van der Waals surface area (Å²) in [6.45, 7) is 2.76. The Morgan fingerprint density at radius 3 is 2.70 bits per heavy atom. The number of halogens is 2. The fourth-order valence-corrected chi connectivity index (χ4v) is 3.95. The molecule has 0 radical (unpaired) electrons. The van der Waals surface area contributed by atoms with Crippen LogP contribution in [0.2, 0.25) is 5.02 Å². The molecule has 1 saturated heterocycles. The lowest BCUT2D eigenvalue weighted by molar-refractivity contribution is 0.246. The number of hydrogen-bond acceptors (Lipinski definition) is 2. The first-order chi connectivity index (χ1) is 9.70. The number of nitrogens with zero attached hydrogens (tertiary/aromatic N) is 1. The predicted molar refractivity (Wildman–Crippen MR) is 82.1 cm³/mol. The summed E-state index contributed by atoms with van der Waals surface area (Å²) in [5, 5.41) is 4.25. The van der Waals surface area contributed by atoms with Crippen LogP contribution in [0.25, 0.3) is 0 Å². The van der Waals surface area contributed by atoms with E-state index < -0.39 is 0 Å². The van der Waals surface area contributed by atoms with Gasteiger partial charge >= 0.3 is 0 Å². The third-order valence-electron chi connectivity index (χ3n) is 4.66. The molecule has 0 amide bonds. The number of rotatable bonds is 1. The van der Waals surface area contributed by atoms with E-state index in [1.165, 1.54) is 38.2 Å². The van der Waals surface area contributed by atoms with Gasteiger partial charge in [0.25, 0.3) is 0 Å². The van der Waals surface area contributed by atoms with Crippen LogP contribution >= 0.6 is 11.6 Å². The molecule has 0 bridgehead atoms. The van der Waals surface area contributed by atoms with Gasteiger partial charge < -0.3 is 10.2 Å². The van der Waals surface area contributed by atoms with Gasteiger partial charge in [0.15, 0.2) is 0 Å². The first kappa shape index (κ1) is 14.2. The van der Waals surface area contributed by atoms with Gasteiger partial charge in [-0.3, -0.25) is 0 Å². The third kappa shape index (κ3) is 2.79. The number of para-hydroxylation sites is 1. The van der Waals surface area contributed by atoms with Gasteiger partial charge in [0.05, 0.1) is 10.7 Å². The largest absolute Gasteiger partial charge is 0.366 e. The first-order valence-corrected chi connectivity index (χ1v) is 8.02. The van der Waals surface area contributed by atoms with Crippen LogP contribution in [0, 0.1) is 5.82 Å². The van der Waals surface area contributed by atoms with Gasteiger partial charge in [-0.1, -0.05) is 36.9 Å². The quantitative estimate of drug-likeness (QED) is 0.843. The Hall–Kier alpha value is -0.800. The Labute approximate surface area is 125 Å². The van der Waals surface area contributed by atoms with Crippen LogP contribution in [0.5, 0.6) is 0 Å². The summed E-state index contributed by atoms with van der Waals surface area (Å²) >= 11 is 6.24. The van der Waals surface area contributed by atoms with Crippen LogP contribution in [-0.4, -0.2) is 25.2 Å². The van der Waals surface area contributed by atoms with E-state index >= 15 is 0 Å². The molecule has 2 fully saturated rings. The zero-order valence-corrected chi connectivity index (χ0v) is 12.6. The summed E-state index contributed by atoms with van der Waals surface area (Å²) in [7, 11) is 0. The summed E-state index contributed by atoms with van der Waals surface area (Å²) in [6.07, 6.45) is 7.28. The Balaban J connectivity index is 1.88. The zero-order chi connectivity index (χ0) is 14.0. The Morgan fingerprint density at radius 1 is 1.15 bits per heavy atom. The second-order valence-electron chi connectivity index (χ2n) is 6.11. The summed E-state index contributed by atoms with van der Waals surface area (Å²) < 4.78 is 14.2. The summed E-state index contributed by atoms with van der Waals surface area (Å²) in [4.78, 5) is 2.16. The van der Waals surface area contributed by atoms with Crippen molar-refractivity contribution in [1.82, 2.24) is 5.32 Å². The van der Waals surface area contributed by atoms with Crippen LogP contribution in [0.4, 0.5) is 10.1 Å². The fourth-order valence-electron chi connectivity index (χ4n) is 3.67. The fraction of sp³-hybridized carbons (Fsp3) is 0.625. The van der Waals surface area contributed by atoms with Gasteiger partial charge in [-0.25, -0.2) is 4.39 Å². The third-order valence-corrected chi connectivity index (χ3v) is 4.97. The van der Waals surface area contributed by atoms with E-state index in [0.717, 1.165) is 26.1 Å². The highest BCUT2D eigenvalue weighted by Gasteiger charge is 2.35. The molecule has 2 nitrogen and oxygen atoms in total. The molecule has 1 aliphatic heterocycles. The molecule has 1 N–H and O–H groups in total. The highest BCUT2D eigenvalue weighted by molar-refractivity contribution is 6.33. The zero-order valence-electron chi connectivity index (χ0n) is 11.8. The van der Waals surface area contributed by atoms with Crippen LogP contribution in [-0.2, 0) is 0 Å². The summed E-state index contributed by atoms with van der Waals surface area (Å²) in [5.41, 5.74) is 0.739. The van der Waals surface area contributed by atoms with E-state index in [0.29, 0.717) is 10.7 Å². The lowest BCUT2D eigenvalue weighted by atomic mass is 9.81. The maximum Gasteiger partial charge on any atom is 0.148 e. The van der Waals surface area contributed by atoms with Crippen molar-refractivity contribution in [1.29, 1.82) is 0 Å². The van der Waals surface area contributed by atoms with Crippen molar-refractivity contribution in [2.24, 2.45) is 0 Å². The summed E-state index contributed by atoms with van der Waals surface area (Å²) in [5.74, 6) is -0.203. The van der Waals surface area contributed by atoms with Gasteiger partial charge in [0, 0.05) is 18.6 Å². The van der Waals surface area contributed by atoms with Crippen molar-refractivity contribution in [2.45, 2.75) is 44.1 Å². The normalized spacial score (nSPS) is 22.8. The number of nitrogens with one attached hydrogen (secondary N) is 1. The van der Waals surface area contributed by atoms with Gasteiger partial charge in [0.1, 0.15) is 5.82 Å². The van der Waals surface area contributed by atoms with Crippen molar-refractivity contribution >= 4 is 17.3 Å². The van der Waals surface area contributed by atoms with E-state index in [2.05, 4.69) is 10.2 Å². The second-order valence-corrected chi connectivity index (χ2v) is 6.52. The molecule has 1 saturated carbocycles. The van der Waals surface area contributed by atoms with Crippen LogP contribution in [0.1, 0.15) is 38.5 Å². The summed E-state index contributed by atoms with van der Waals surface area (Å²) in [6, 6.07) is 4.96. The van der Waals surface area contributed by atoms with Gasteiger partial charge in [0.2, 0.25) is 0 Å². The molecule has 1 aromatic carbocycles. The highest BCUT2D eigenvalue weighted by Crippen LogP contribution is 2.35. The molecule has 1 spiro atoms. The number of hydrogen-bond donors (Lipinski definition) is 1. The molecule has 3 rings (SSSR count). The molecule has 0 atom stereocenters. The van der Waals surface area contributed by atoms with Crippen molar-refractivity contribution in [3.63, 3.8) is 0 Å². The molecule has 1 heterocycles. The molecule has 2 aliphatic rings. The monoisotopic (exact) mass is 296 g/mol. The minimum Gasteiger partial charge on any atom is -0.366 e. The average Bonchev–Trinajstić information content (AvgIpc) is 2.63. The molecular weight excluding hydrogens is 275 g/mol. The van der Waals surface area contributed by atoms with Crippen molar-refractivity contribution < 1.29 is 4.39 Å². The van der Waals surface area contributed by atoms with E-state index in [1.807, 2.05) is 0 Å². The maximum absolute atomic E-state index is 14.2. The standard InChI is InChI=1S/C16H22ClFN2/c17-13-6-4-7-14(18)15(13)20-11-5-10-19-16(12-20)8-2-1-3-9-16/h4,6-7,19H,1-3,5,8-12H2. The first-order valence-electron chi connectivity index (χ1n) is 7.64. The van der Waals surface area contributed by atoms with Crippen LogP contribution < -0.4 is 10.2 Å². The Bertz CT molecular complexity index is 451. The lowest BCUT2D eigenvalue weighted by Crippen LogP contribution is -2.52. The van der Waals surface area contributed by atoms with Crippen LogP contribution in [0.15, 0.2) is 18.2 Å². The Morgan fingerprint density at radius 2 is 1.95 bits per heavy atom. The van der Waals surface area contributed by atoms with Gasteiger partial charge in [-0.2, -0.15) is 0 Å². The number of benzene rings is 1. The maximum atomic E-state index is 14.2.